The lowest BCUT2D eigenvalue weighted by atomic mass is 10.2. The third-order valence-corrected chi connectivity index (χ3v) is 2.56. The van der Waals surface area contributed by atoms with Crippen LogP contribution in [0.15, 0.2) is 0 Å². The number of carbonyl (C=O) groups excluding carboxylic acids is 3. The predicted molar refractivity (Wildman–Crippen MR) is 65.0 cm³/mol. The molecule has 6 nitrogen and oxygen atoms in total. The maximum atomic E-state index is 11.8. The Balaban J connectivity index is 2.37. The van der Waals surface area contributed by atoms with Gasteiger partial charge in [-0.1, -0.05) is 0 Å². The van der Waals surface area contributed by atoms with Gasteiger partial charge in [-0.05, 0) is 33.6 Å². The van der Waals surface area contributed by atoms with Gasteiger partial charge in [-0.15, -0.1) is 0 Å². The van der Waals surface area contributed by atoms with Crippen LogP contribution in [0.25, 0.3) is 0 Å². The third kappa shape index (κ3) is 4.35. The van der Waals surface area contributed by atoms with Gasteiger partial charge in [-0.2, -0.15) is 0 Å². The van der Waals surface area contributed by atoms with Crippen LogP contribution in [0, 0.1) is 0 Å². The lowest BCUT2D eigenvalue weighted by Crippen LogP contribution is -2.44. The Morgan fingerprint density at radius 2 is 2.11 bits per heavy atom. The van der Waals surface area contributed by atoms with Gasteiger partial charge in [-0.25, -0.2) is 4.79 Å². The summed E-state index contributed by atoms with van der Waals surface area (Å²) in [6.07, 6.45) is 1.67. The minimum Gasteiger partial charge on any atom is -0.444 e. The third-order valence-electron chi connectivity index (χ3n) is 2.56. The van der Waals surface area contributed by atoms with E-state index in [4.69, 9.17) is 4.74 Å². The first-order valence-electron chi connectivity index (χ1n) is 6.05. The summed E-state index contributed by atoms with van der Waals surface area (Å²) < 4.78 is 5.01. The number of nitrogens with zero attached hydrogens (tertiary/aromatic N) is 1. The van der Waals surface area contributed by atoms with Crippen LogP contribution in [0.3, 0.4) is 0 Å². The van der Waals surface area contributed by atoms with Gasteiger partial charge in [0.15, 0.2) is 0 Å². The lowest BCUT2D eigenvalue weighted by molar-refractivity contribution is -0.133. The van der Waals surface area contributed by atoms with E-state index in [9.17, 15) is 14.4 Å². The summed E-state index contributed by atoms with van der Waals surface area (Å²) in [5, 5.41) is 2.39. The van der Waals surface area contributed by atoms with Crippen molar-refractivity contribution >= 4 is 18.3 Å². The van der Waals surface area contributed by atoms with Crippen molar-refractivity contribution in [2.24, 2.45) is 0 Å². The molecule has 18 heavy (non-hydrogen) atoms. The van der Waals surface area contributed by atoms with Crippen molar-refractivity contribution in [1.29, 1.82) is 0 Å². The maximum absolute atomic E-state index is 11.8. The van der Waals surface area contributed by atoms with Gasteiger partial charge in [0, 0.05) is 6.54 Å². The molecule has 1 heterocycles. The standard InChI is InChI=1S/C12H20N2O4/c1-12(2,3)18-11(17)13-7-10(16)14-6-4-5-9(14)8-15/h8-9H,4-7H2,1-3H3,(H,13,17)/t9-/m0/s1. The van der Waals surface area contributed by atoms with E-state index < -0.39 is 11.7 Å². The Morgan fingerprint density at radius 1 is 1.44 bits per heavy atom. The summed E-state index contributed by atoms with van der Waals surface area (Å²) in [4.78, 5) is 35.4. The number of likely N-dealkylation sites (tertiary alicyclic amines) is 1. The van der Waals surface area contributed by atoms with Gasteiger partial charge in [-0.3, -0.25) is 4.79 Å². The summed E-state index contributed by atoms with van der Waals surface area (Å²) in [7, 11) is 0. The van der Waals surface area contributed by atoms with Crippen LogP contribution in [-0.4, -0.2) is 47.9 Å². The van der Waals surface area contributed by atoms with Crippen LogP contribution in [0.1, 0.15) is 33.6 Å². The molecule has 0 bridgehead atoms. The smallest absolute Gasteiger partial charge is 0.408 e. The summed E-state index contributed by atoms with van der Waals surface area (Å²) in [6.45, 7) is 5.67. The van der Waals surface area contributed by atoms with Crippen molar-refractivity contribution in [3.8, 4) is 0 Å². The minimum atomic E-state index is -0.627. The van der Waals surface area contributed by atoms with Crippen molar-refractivity contribution < 1.29 is 19.1 Å². The molecule has 0 aromatic rings. The van der Waals surface area contributed by atoms with E-state index in [1.54, 1.807) is 20.8 Å². The highest BCUT2D eigenvalue weighted by atomic mass is 16.6. The minimum absolute atomic E-state index is 0.140. The van der Waals surface area contributed by atoms with Crippen molar-refractivity contribution in [2.45, 2.75) is 45.3 Å². The second-order valence-corrected chi connectivity index (χ2v) is 5.29. The highest BCUT2D eigenvalue weighted by molar-refractivity contribution is 5.84. The van der Waals surface area contributed by atoms with E-state index in [1.165, 1.54) is 4.90 Å². The summed E-state index contributed by atoms with van der Waals surface area (Å²) in [6, 6.07) is -0.349. The number of hydrogen-bond acceptors (Lipinski definition) is 4. The highest BCUT2D eigenvalue weighted by Crippen LogP contribution is 2.15. The van der Waals surface area contributed by atoms with Crippen LogP contribution in [0.2, 0.25) is 0 Å². The van der Waals surface area contributed by atoms with Crippen molar-refractivity contribution in [3.63, 3.8) is 0 Å². The number of nitrogens with one attached hydrogen (secondary N) is 1. The van der Waals surface area contributed by atoms with E-state index in [1.807, 2.05) is 0 Å². The Bertz CT molecular complexity index is 335. The molecule has 0 spiro atoms. The Morgan fingerprint density at radius 3 is 2.67 bits per heavy atom. The van der Waals surface area contributed by atoms with Gasteiger partial charge in [0.1, 0.15) is 18.4 Å². The lowest BCUT2D eigenvalue weighted by Gasteiger charge is -2.22. The van der Waals surface area contributed by atoms with E-state index in [0.29, 0.717) is 13.0 Å². The number of aldehydes is 1. The van der Waals surface area contributed by atoms with Crippen LogP contribution in [-0.2, 0) is 14.3 Å². The predicted octanol–water partition coefficient (Wildman–Crippen LogP) is 0.701. The van der Waals surface area contributed by atoms with Crippen molar-refractivity contribution in [1.82, 2.24) is 10.2 Å². The van der Waals surface area contributed by atoms with Crippen LogP contribution < -0.4 is 5.32 Å². The zero-order valence-electron chi connectivity index (χ0n) is 11.1. The molecule has 1 fully saturated rings. The summed E-state index contributed by atoms with van der Waals surface area (Å²) in [5.74, 6) is -0.254. The number of amides is 2. The van der Waals surface area contributed by atoms with E-state index in [-0.39, 0.29) is 18.5 Å². The number of alkyl carbamates (subject to hydrolysis) is 1. The average Bonchev–Trinajstić information content (AvgIpc) is 2.71. The summed E-state index contributed by atoms with van der Waals surface area (Å²) >= 11 is 0. The Labute approximate surface area is 107 Å². The monoisotopic (exact) mass is 256 g/mol. The SMILES string of the molecule is CC(C)(C)OC(=O)NCC(=O)N1CCC[C@H]1C=O. The molecule has 102 valence electrons. The molecular formula is C12H20N2O4. The topological polar surface area (TPSA) is 75.7 Å². The first kappa shape index (κ1) is 14.5. The maximum Gasteiger partial charge on any atom is 0.408 e. The molecule has 1 rings (SSSR count). The van der Waals surface area contributed by atoms with Crippen molar-refractivity contribution in [3.05, 3.63) is 0 Å². The molecule has 0 aromatic carbocycles. The number of hydrogen-bond donors (Lipinski definition) is 1. The molecule has 0 aliphatic carbocycles. The largest absolute Gasteiger partial charge is 0.444 e. The van der Waals surface area contributed by atoms with Gasteiger partial charge in [0.05, 0.1) is 6.04 Å². The molecule has 1 aliphatic rings. The highest BCUT2D eigenvalue weighted by Gasteiger charge is 2.28. The molecule has 1 aliphatic heterocycles. The van der Waals surface area contributed by atoms with Crippen molar-refractivity contribution in [2.75, 3.05) is 13.1 Å². The van der Waals surface area contributed by atoms with Crippen LogP contribution in [0.4, 0.5) is 4.79 Å². The van der Waals surface area contributed by atoms with Gasteiger partial charge in [0.25, 0.3) is 0 Å². The molecule has 0 saturated carbocycles. The normalized spacial score (nSPS) is 19.5. The average molecular weight is 256 g/mol. The van der Waals surface area contributed by atoms with Crippen LogP contribution in [0.5, 0.6) is 0 Å². The van der Waals surface area contributed by atoms with E-state index >= 15 is 0 Å². The second kappa shape index (κ2) is 5.84. The van der Waals surface area contributed by atoms with Gasteiger partial charge < -0.3 is 19.7 Å². The fraction of sp³-hybridized carbons (Fsp3) is 0.750. The molecule has 2 amide bonds. The molecule has 1 atom stereocenters. The molecule has 1 saturated heterocycles. The molecule has 0 radical (unpaired) electrons. The number of carbonyl (C=O) groups is 3. The Hall–Kier alpha value is -1.59. The fourth-order valence-corrected chi connectivity index (χ4v) is 1.81. The first-order chi connectivity index (χ1) is 8.33. The molecule has 0 unspecified atom stereocenters. The molecular weight excluding hydrogens is 236 g/mol. The molecule has 6 heteroatoms. The Kier molecular flexibility index (Phi) is 4.69. The number of ether oxygens (including phenoxy) is 1. The zero-order chi connectivity index (χ0) is 13.8. The van der Waals surface area contributed by atoms with E-state index in [2.05, 4.69) is 5.32 Å². The quantitative estimate of drug-likeness (QED) is 0.754. The van der Waals surface area contributed by atoms with E-state index in [0.717, 1.165) is 12.7 Å². The van der Waals surface area contributed by atoms with Gasteiger partial charge in [0.2, 0.25) is 5.91 Å². The second-order valence-electron chi connectivity index (χ2n) is 5.29. The fourth-order valence-electron chi connectivity index (χ4n) is 1.81. The first-order valence-corrected chi connectivity index (χ1v) is 6.05. The molecule has 0 aromatic heterocycles. The molecule has 1 N–H and O–H groups in total. The summed E-state index contributed by atoms with van der Waals surface area (Å²) in [5.41, 5.74) is -0.591. The van der Waals surface area contributed by atoms with Crippen LogP contribution >= 0.6 is 0 Å². The zero-order valence-corrected chi connectivity index (χ0v) is 11.1. The number of rotatable bonds is 3. The van der Waals surface area contributed by atoms with Gasteiger partial charge >= 0.3 is 6.09 Å².